The largest absolute Gasteiger partial charge is 0.455 e. The molecule has 4 heteroatoms. The van der Waals surface area contributed by atoms with Gasteiger partial charge in [-0.1, -0.05) is 37.3 Å². The van der Waals surface area contributed by atoms with Crippen LogP contribution in [-0.4, -0.2) is 14.5 Å². The fourth-order valence-corrected chi connectivity index (χ4v) is 3.56. The van der Waals surface area contributed by atoms with Crippen LogP contribution in [0.15, 0.2) is 77.5 Å². The standard InChI is InChI=1S/C22H17N3O/c1-2-15-11-12-19(25(15)22-23-13-6-14-24-22)18-9-5-8-17-16-7-3-4-10-20(16)26-21(17)18/h3-14H,2H2,1H3. The van der Waals surface area contributed by atoms with Crippen molar-refractivity contribution in [2.45, 2.75) is 13.3 Å². The molecule has 5 rings (SSSR count). The Morgan fingerprint density at radius 3 is 2.50 bits per heavy atom. The zero-order valence-electron chi connectivity index (χ0n) is 14.4. The maximum atomic E-state index is 6.22. The van der Waals surface area contributed by atoms with Gasteiger partial charge in [0.1, 0.15) is 11.2 Å². The molecule has 0 radical (unpaired) electrons. The van der Waals surface area contributed by atoms with Crippen LogP contribution in [0.5, 0.6) is 0 Å². The minimum atomic E-state index is 0.678. The lowest BCUT2D eigenvalue weighted by Crippen LogP contribution is -2.05. The van der Waals surface area contributed by atoms with Gasteiger partial charge in [0.05, 0.1) is 5.69 Å². The second-order valence-electron chi connectivity index (χ2n) is 6.23. The van der Waals surface area contributed by atoms with Gasteiger partial charge in [0, 0.05) is 34.4 Å². The summed E-state index contributed by atoms with van der Waals surface area (Å²) in [6, 6.07) is 20.5. The normalized spacial score (nSPS) is 11.4. The number of hydrogen-bond donors (Lipinski definition) is 0. The molecule has 0 aliphatic carbocycles. The Labute approximate surface area is 150 Å². The summed E-state index contributed by atoms with van der Waals surface area (Å²) in [6.45, 7) is 2.14. The summed E-state index contributed by atoms with van der Waals surface area (Å²) >= 11 is 0. The third kappa shape index (κ3) is 2.15. The predicted molar refractivity (Wildman–Crippen MR) is 103 cm³/mol. The van der Waals surface area contributed by atoms with Crippen molar-refractivity contribution in [2.24, 2.45) is 0 Å². The summed E-state index contributed by atoms with van der Waals surface area (Å²) < 4.78 is 8.33. The second kappa shape index (κ2) is 5.85. The monoisotopic (exact) mass is 339 g/mol. The quantitative estimate of drug-likeness (QED) is 0.442. The van der Waals surface area contributed by atoms with Gasteiger partial charge in [-0.3, -0.25) is 4.57 Å². The van der Waals surface area contributed by atoms with E-state index in [4.69, 9.17) is 4.42 Å². The van der Waals surface area contributed by atoms with Gasteiger partial charge in [-0.05, 0) is 36.8 Å². The van der Waals surface area contributed by atoms with E-state index in [1.807, 2.05) is 24.3 Å². The predicted octanol–water partition coefficient (Wildman–Crippen LogP) is 5.40. The number of fused-ring (bicyclic) bond motifs is 3. The summed E-state index contributed by atoms with van der Waals surface area (Å²) in [5.74, 6) is 0.678. The minimum Gasteiger partial charge on any atom is -0.455 e. The van der Waals surface area contributed by atoms with Crippen LogP contribution in [0.4, 0.5) is 0 Å². The van der Waals surface area contributed by atoms with Crippen LogP contribution in [0.2, 0.25) is 0 Å². The van der Waals surface area contributed by atoms with Crippen LogP contribution in [0.3, 0.4) is 0 Å². The second-order valence-corrected chi connectivity index (χ2v) is 6.23. The molecule has 0 amide bonds. The molecule has 4 nitrogen and oxygen atoms in total. The van der Waals surface area contributed by atoms with E-state index in [2.05, 4.69) is 57.9 Å². The molecular weight excluding hydrogens is 322 g/mol. The molecule has 3 aromatic heterocycles. The molecule has 0 fully saturated rings. The van der Waals surface area contributed by atoms with Gasteiger partial charge in [0.2, 0.25) is 5.95 Å². The molecule has 2 aromatic carbocycles. The van der Waals surface area contributed by atoms with Gasteiger partial charge in [-0.2, -0.15) is 0 Å². The molecule has 0 unspecified atom stereocenters. The van der Waals surface area contributed by atoms with E-state index < -0.39 is 0 Å². The Morgan fingerprint density at radius 2 is 1.65 bits per heavy atom. The van der Waals surface area contributed by atoms with Crippen molar-refractivity contribution >= 4 is 21.9 Å². The maximum absolute atomic E-state index is 6.22. The van der Waals surface area contributed by atoms with Gasteiger partial charge < -0.3 is 4.42 Å². The molecular formula is C22H17N3O. The van der Waals surface area contributed by atoms with E-state index in [1.54, 1.807) is 12.4 Å². The van der Waals surface area contributed by atoms with E-state index in [1.165, 1.54) is 5.69 Å². The molecule has 26 heavy (non-hydrogen) atoms. The molecule has 5 aromatic rings. The number of aryl methyl sites for hydroxylation is 1. The van der Waals surface area contributed by atoms with Crippen molar-refractivity contribution in [2.75, 3.05) is 0 Å². The van der Waals surface area contributed by atoms with Gasteiger partial charge in [-0.25, -0.2) is 9.97 Å². The van der Waals surface area contributed by atoms with E-state index in [-0.39, 0.29) is 0 Å². The highest BCUT2D eigenvalue weighted by Gasteiger charge is 2.17. The first-order chi connectivity index (χ1) is 12.9. The van der Waals surface area contributed by atoms with Gasteiger partial charge >= 0.3 is 0 Å². The fraction of sp³-hybridized carbons (Fsp3) is 0.0909. The number of benzene rings is 2. The van der Waals surface area contributed by atoms with E-state index in [9.17, 15) is 0 Å². The summed E-state index contributed by atoms with van der Waals surface area (Å²) in [5.41, 5.74) is 5.05. The van der Waals surface area contributed by atoms with Crippen LogP contribution >= 0.6 is 0 Å². The minimum absolute atomic E-state index is 0.678. The molecule has 3 heterocycles. The van der Waals surface area contributed by atoms with Crippen LogP contribution in [-0.2, 0) is 6.42 Å². The van der Waals surface area contributed by atoms with Crippen molar-refractivity contribution in [1.29, 1.82) is 0 Å². The Bertz CT molecular complexity index is 1220. The Balaban J connectivity index is 1.83. The molecule has 0 saturated carbocycles. The van der Waals surface area contributed by atoms with Crippen molar-refractivity contribution in [3.8, 4) is 17.2 Å². The van der Waals surface area contributed by atoms with Gasteiger partial charge in [0.15, 0.2) is 0 Å². The van der Waals surface area contributed by atoms with Crippen molar-refractivity contribution < 1.29 is 4.42 Å². The molecule has 0 bridgehead atoms. The van der Waals surface area contributed by atoms with Crippen LogP contribution < -0.4 is 0 Å². The SMILES string of the molecule is CCc1ccc(-c2cccc3c2oc2ccccc23)n1-c1ncccn1. The highest BCUT2D eigenvalue weighted by molar-refractivity contribution is 6.09. The zero-order chi connectivity index (χ0) is 17.5. The highest BCUT2D eigenvalue weighted by atomic mass is 16.3. The fourth-order valence-electron chi connectivity index (χ4n) is 3.56. The number of nitrogens with zero attached hydrogens (tertiary/aromatic N) is 3. The van der Waals surface area contributed by atoms with Crippen LogP contribution in [0, 0.1) is 0 Å². The molecule has 0 N–H and O–H groups in total. The highest BCUT2D eigenvalue weighted by Crippen LogP contribution is 2.36. The zero-order valence-corrected chi connectivity index (χ0v) is 14.4. The number of hydrogen-bond acceptors (Lipinski definition) is 3. The lowest BCUT2D eigenvalue weighted by Gasteiger charge is -2.11. The van der Waals surface area contributed by atoms with Gasteiger partial charge in [-0.15, -0.1) is 0 Å². The number of furan rings is 1. The van der Waals surface area contributed by atoms with Crippen molar-refractivity contribution in [3.63, 3.8) is 0 Å². The maximum Gasteiger partial charge on any atom is 0.234 e. The number of para-hydroxylation sites is 2. The summed E-state index contributed by atoms with van der Waals surface area (Å²) in [4.78, 5) is 8.92. The molecule has 0 atom stereocenters. The Kier molecular flexibility index (Phi) is 3.35. The summed E-state index contributed by atoms with van der Waals surface area (Å²) in [5, 5.41) is 2.26. The lowest BCUT2D eigenvalue weighted by molar-refractivity contribution is 0.669. The topological polar surface area (TPSA) is 43.9 Å². The smallest absolute Gasteiger partial charge is 0.234 e. The first-order valence-electron chi connectivity index (χ1n) is 8.75. The Morgan fingerprint density at radius 1 is 0.846 bits per heavy atom. The summed E-state index contributed by atoms with van der Waals surface area (Å²) in [6.07, 6.45) is 4.44. The van der Waals surface area contributed by atoms with Crippen LogP contribution in [0.25, 0.3) is 39.1 Å². The Hall–Kier alpha value is -3.40. The number of aromatic nitrogens is 3. The third-order valence-corrected chi connectivity index (χ3v) is 4.76. The molecule has 126 valence electrons. The van der Waals surface area contributed by atoms with Crippen molar-refractivity contribution in [1.82, 2.24) is 14.5 Å². The molecule has 0 aliphatic rings. The third-order valence-electron chi connectivity index (χ3n) is 4.76. The average molecular weight is 339 g/mol. The first-order valence-corrected chi connectivity index (χ1v) is 8.75. The molecule has 0 aliphatic heterocycles. The molecule has 0 saturated heterocycles. The molecule has 0 spiro atoms. The number of rotatable bonds is 3. The van der Waals surface area contributed by atoms with E-state index >= 15 is 0 Å². The van der Waals surface area contributed by atoms with Gasteiger partial charge in [0.25, 0.3) is 0 Å². The van der Waals surface area contributed by atoms with Crippen molar-refractivity contribution in [3.05, 3.63) is 78.8 Å². The summed E-state index contributed by atoms with van der Waals surface area (Å²) in [7, 11) is 0. The average Bonchev–Trinajstić information content (AvgIpc) is 3.30. The first kappa shape index (κ1) is 14.9. The van der Waals surface area contributed by atoms with E-state index in [0.717, 1.165) is 39.6 Å². The van der Waals surface area contributed by atoms with E-state index in [0.29, 0.717) is 5.95 Å². The van der Waals surface area contributed by atoms with Crippen LogP contribution in [0.1, 0.15) is 12.6 Å². The lowest BCUT2D eigenvalue weighted by atomic mass is 10.1.